The van der Waals surface area contributed by atoms with Crippen LogP contribution >= 0.6 is 27.5 Å². The first-order valence-corrected chi connectivity index (χ1v) is 9.53. The number of fused-ring (bicyclic) bond motifs is 1. The van der Waals surface area contributed by atoms with Crippen molar-refractivity contribution in [3.05, 3.63) is 28.5 Å². The van der Waals surface area contributed by atoms with E-state index in [9.17, 15) is 8.42 Å². The lowest BCUT2D eigenvalue weighted by molar-refractivity contribution is 0.392. The van der Waals surface area contributed by atoms with Gasteiger partial charge in [-0.15, -0.1) is 11.6 Å². The maximum absolute atomic E-state index is 11.5. The number of aromatic nitrogens is 2. The molecule has 0 spiro atoms. The molecule has 0 unspecified atom stereocenters. The van der Waals surface area contributed by atoms with Crippen molar-refractivity contribution in [3.63, 3.8) is 0 Å². The fraction of sp³-hybridized carbons (Fsp3) is 0.462. The van der Waals surface area contributed by atoms with Crippen LogP contribution in [0.15, 0.2) is 22.7 Å². The number of sulfonamides is 1. The first-order valence-electron chi connectivity index (χ1n) is 6.31. The van der Waals surface area contributed by atoms with Gasteiger partial charge in [0.2, 0.25) is 10.0 Å². The number of nitrogens with zero attached hydrogens (tertiary/aromatic N) is 2. The molecule has 0 aliphatic heterocycles. The van der Waals surface area contributed by atoms with Crippen LogP contribution in [0.5, 0.6) is 0 Å². The van der Waals surface area contributed by atoms with Gasteiger partial charge in [-0.1, -0.05) is 15.9 Å². The molecule has 0 fully saturated rings. The highest BCUT2D eigenvalue weighted by molar-refractivity contribution is 9.10. The number of imidazole rings is 1. The van der Waals surface area contributed by atoms with Crippen LogP contribution in [0.1, 0.15) is 19.7 Å². The normalized spacial score (nSPS) is 13.0. The van der Waals surface area contributed by atoms with E-state index in [1.54, 1.807) is 0 Å². The molecule has 0 aliphatic rings. The Morgan fingerprint density at radius 2 is 2.10 bits per heavy atom. The van der Waals surface area contributed by atoms with Crippen molar-refractivity contribution in [3.8, 4) is 0 Å². The third-order valence-corrected chi connectivity index (χ3v) is 4.58. The molecule has 0 amide bonds. The number of benzene rings is 1. The number of hydrogen-bond acceptors (Lipinski definition) is 3. The summed E-state index contributed by atoms with van der Waals surface area (Å²) < 4.78 is 28.5. The van der Waals surface area contributed by atoms with Gasteiger partial charge in [0.05, 0.1) is 23.2 Å². The van der Waals surface area contributed by atoms with Crippen LogP contribution in [-0.4, -0.2) is 29.8 Å². The van der Waals surface area contributed by atoms with E-state index in [4.69, 9.17) is 11.6 Å². The van der Waals surface area contributed by atoms with Crippen LogP contribution in [-0.2, 0) is 22.4 Å². The molecule has 21 heavy (non-hydrogen) atoms. The zero-order chi connectivity index (χ0) is 15.8. The van der Waals surface area contributed by atoms with Crippen LogP contribution in [0, 0.1) is 0 Å². The molecule has 8 heteroatoms. The Labute approximate surface area is 137 Å². The lowest BCUT2D eigenvalue weighted by atomic mass is 10.1. The summed E-state index contributed by atoms with van der Waals surface area (Å²) in [6.07, 6.45) is 1.15. The number of hydrogen-bond donors (Lipinski definition) is 1. The maximum atomic E-state index is 11.5. The van der Waals surface area contributed by atoms with Crippen LogP contribution in [0.3, 0.4) is 0 Å². The molecular weight excluding hydrogens is 378 g/mol. The standard InChI is InChI=1S/C13H17BrClN3O2S/c1-13(2,17-21(3,19)20)8-18-11-6-9(14)4-5-10(11)16-12(18)7-15/h4-6,17H,7-8H2,1-3H3. The Morgan fingerprint density at radius 1 is 1.43 bits per heavy atom. The Morgan fingerprint density at radius 3 is 2.67 bits per heavy atom. The summed E-state index contributed by atoms with van der Waals surface area (Å²) in [6.45, 7) is 4.10. The Bertz CT molecular complexity index is 771. The summed E-state index contributed by atoms with van der Waals surface area (Å²) in [7, 11) is -3.29. The largest absolute Gasteiger partial charge is 0.325 e. The van der Waals surface area contributed by atoms with E-state index in [2.05, 4.69) is 25.6 Å². The van der Waals surface area contributed by atoms with Crippen LogP contribution in [0.2, 0.25) is 0 Å². The van der Waals surface area contributed by atoms with E-state index in [1.165, 1.54) is 0 Å². The lowest BCUT2D eigenvalue weighted by Crippen LogP contribution is -2.46. The van der Waals surface area contributed by atoms with Gasteiger partial charge in [0.25, 0.3) is 0 Å². The smallest absolute Gasteiger partial charge is 0.209 e. The molecule has 1 N–H and O–H groups in total. The predicted molar refractivity (Wildman–Crippen MR) is 89.0 cm³/mol. The molecule has 0 radical (unpaired) electrons. The Hall–Kier alpha value is -0.630. The summed E-state index contributed by atoms with van der Waals surface area (Å²) in [6, 6.07) is 5.77. The molecule has 0 saturated carbocycles. The van der Waals surface area contributed by atoms with Gasteiger partial charge in [-0.25, -0.2) is 18.1 Å². The third kappa shape index (κ3) is 4.18. The van der Waals surface area contributed by atoms with Gasteiger partial charge in [-0.3, -0.25) is 0 Å². The van der Waals surface area contributed by atoms with Crippen molar-refractivity contribution in [2.24, 2.45) is 0 Å². The Balaban J connectivity index is 2.47. The van der Waals surface area contributed by atoms with Crippen molar-refractivity contribution in [1.82, 2.24) is 14.3 Å². The lowest BCUT2D eigenvalue weighted by Gasteiger charge is -2.26. The zero-order valence-corrected chi connectivity index (χ0v) is 15.2. The minimum absolute atomic E-state index is 0.265. The van der Waals surface area contributed by atoms with E-state index >= 15 is 0 Å². The molecule has 1 aromatic carbocycles. The quantitative estimate of drug-likeness (QED) is 0.793. The summed E-state index contributed by atoms with van der Waals surface area (Å²) in [5, 5.41) is 0. The number of nitrogens with one attached hydrogen (secondary N) is 1. The number of halogens is 2. The van der Waals surface area contributed by atoms with Crippen LogP contribution in [0.4, 0.5) is 0 Å². The van der Waals surface area contributed by atoms with Crippen molar-refractivity contribution < 1.29 is 8.42 Å². The summed E-state index contributed by atoms with van der Waals surface area (Å²) >= 11 is 9.41. The SMILES string of the molecule is CC(C)(Cn1c(CCl)nc2ccc(Br)cc21)NS(C)(=O)=O. The molecule has 0 aliphatic carbocycles. The van der Waals surface area contributed by atoms with Crippen molar-refractivity contribution in [2.45, 2.75) is 31.8 Å². The third-order valence-electron chi connectivity index (χ3n) is 2.92. The number of alkyl halides is 1. The van der Waals surface area contributed by atoms with Crippen molar-refractivity contribution in [1.29, 1.82) is 0 Å². The monoisotopic (exact) mass is 393 g/mol. The van der Waals surface area contributed by atoms with E-state index in [-0.39, 0.29) is 5.88 Å². The average Bonchev–Trinajstić information content (AvgIpc) is 2.63. The second-order valence-corrected chi connectivity index (χ2v) is 8.57. The predicted octanol–water partition coefficient (Wildman–Crippen LogP) is 2.87. The van der Waals surface area contributed by atoms with Crippen LogP contribution < -0.4 is 4.72 Å². The molecule has 116 valence electrons. The van der Waals surface area contributed by atoms with Gasteiger partial charge in [-0.05, 0) is 32.0 Å². The second-order valence-electron chi connectivity index (χ2n) is 5.64. The van der Waals surface area contributed by atoms with Gasteiger partial charge in [-0.2, -0.15) is 0 Å². The minimum Gasteiger partial charge on any atom is -0.325 e. The van der Waals surface area contributed by atoms with Gasteiger partial charge in [0, 0.05) is 16.6 Å². The first kappa shape index (κ1) is 16.7. The number of rotatable bonds is 5. The summed E-state index contributed by atoms with van der Waals surface area (Å²) in [5.74, 6) is 0.981. The zero-order valence-electron chi connectivity index (χ0n) is 12.0. The highest BCUT2D eigenvalue weighted by Crippen LogP contribution is 2.24. The van der Waals surface area contributed by atoms with E-state index in [0.717, 1.165) is 21.8 Å². The molecule has 2 rings (SSSR count). The van der Waals surface area contributed by atoms with E-state index in [1.807, 2.05) is 36.6 Å². The molecule has 0 atom stereocenters. The van der Waals surface area contributed by atoms with E-state index < -0.39 is 15.6 Å². The maximum Gasteiger partial charge on any atom is 0.209 e. The fourth-order valence-corrected chi connectivity index (χ4v) is 3.98. The van der Waals surface area contributed by atoms with Gasteiger partial charge >= 0.3 is 0 Å². The molecule has 0 saturated heterocycles. The minimum atomic E-state index is -3.29. The highest BCUT2D eigenvalue weighted by Gasteiger charge is 2.25. The van der Waals surface area contributed by atoms with Crippen molar-refractivity contribution in [2.75, 3.05) is 6.26 Å². The molecular formula is C13H17BrClN3O2S. The topological polar surface area (TPSA) is 64.0 Å². The summed E-state index contributed by atoms with van der Waals surface area (Å²) in [5.41, 5.74) is 1.11. The fourth-order valence-electron chi connectivity index (χ4n) is 2.35. The van der Waals surface area contributed by atoms with E-state index in [0.29, 0.717) is 12.4 Å². The molecule has 2 aromatic rings. The van der Waals surface area contributed by atoms with Crippen molar-refractivity contribution >= 4 is 48.6 Å². The summed E-state index contributed by atoms with van der Waals surface area (Å²) in [4.78, 5) is 4.49. The first-order chi connectivity index (χ1) is 9.61. The Kier molecular flexibility index (Phi) is 4.68. The van der Waals surface area contributed by atoms with Gasteiger partial charge < -0.3 is 4.57 Å². The molecule has 1 aromatic heterocycles. The average molecular weight is 395 g/mol. The molecule has 5 nitrogen and oxygen atoms in total. The van der Waals surface area contributed by atoms with Gasteiger partial charge in [0.1, 0.15) is 5.82 Å². The van der Waals surface area contributed by atoms with Crippen LogP contribution in [0.25, 0.3) is 11.0 Å². The van der Waals surface area contributed by atoms with Gasteiger partial charge in [0.15, 0.2) is 0 Å². The molecule has 0 bridgehead atoms. The highest BCUT2D eigenvalue weighted by atomic mass is 79.9. The molecule has 1 heterocycles. The second kappa shape index (κ2) is 5.87.